The van der Waals surface area contributed by atoms with Crippen LogP contribution in [0.25, 0.3) is 11.3 Å². The minimum atomic E-state index is -0.465. The van der Waals surface area contributed by atoms with Crippen molar-refractivity contribution in [3.05, 3.63) is 41.6 Å². The first-order valence-corrected chi connectivity index (χ1v) is 6.05. The van der Waals surface area contributed by atoms with Gasteiger partial charge in [0.15, 0.2) is 0 Å². The summed E-state index contributed by atoms with van der Waals surface area (Å²) in [6.07, 6.45) is -0.465. The van der Waals surface area contributed by atoms with Gasteiger partial charge >= 0.3 is 0 Å². The quantitative estimate of drug-likeness (QED) is 0.833. The van der Waals surface area contributed by atoms with Gasteiger partial charge in [-0.2, -0.15) is 0 Å². The van der Waals surface area contributed by atoms with Crippen molar-refractivity contribution in [1.29, 1.82) is 0 Å². The van der Waals surface area contributed by atoms with Crippen molar-refractivity contribution in [3.8, 4) is 11.3 Å². The molecule has 1 unspecified atom stereocenters. The second kappa shape index (κ2) is 5.80. The van der Waals surface area contributed by atoms with Crippen molar-refractivity contribution >= 4 is 17.5 Å². The summed E-state index contributed by atoms with van der Waals surface area (Å²) in [6.45, 7) is 2.07. The minimum absolute atomic E-state index is 0.372. The zero-order valence-electron chi connectivity index (χ0n) is 9.97. The predicted octanol–water partition coefficient (Wildman–Crippen LogP) is 2.59. The highest BCUT2D eigenvalue weighted by molar-refractivity contribution is 6.29. The van der Waals surface area contributed by atoms with Gasteiger partial charge in [0.25, 0.3) is 0 Å². The number of nitrogens with zero attached hydrogens (tertiary/aromatic N) is 2. The molecule has 1 aromatic heterocycles. The van der Waals surface area contributed by atoms with Crippen LogP contribution in [0.3, 0.4) is 0 Å². The smallest absolute Gasteiger partial charge is 0.224 e. The van der Waals surface area contributed by atoms with Gasteiger partial charge in [-0.05, 0) is 6.92 Å². The van der Waals surface area contributed by atoms with Crippen LogP contribution in [0.2, 0.25) is 5.15 Å². The van der Waals surface area contributed by atoms with Crippen molar-refractivity contribution in [2.75, 3.05) is 11.9 Å². The lowest BCUT2D eigenvalue weighted by molar-refractivity contribution is 0.208. The molecule has 0 radical (unpaired) electrons. The summed E-state index contributed by atoms with van der Waals surface area (Å²) >= 11 is 5.96. The lowest BCUT2D eigenvalue weighted by atomic mass is 10.1. The van der Waals surface area contributed by atoms with Gasteiger partial charge in [-0.1, -0.05) is 41.9 Å². The Balaban J connectivity index is 2.27. The molecule has 18 heavy (non-hydrogen) atoms. The molecule has 0 amide bonds. The summed E-state index contributed by atoms with van der Waals surface area (Å²) in [5.41, 5.74) is 1.73. The standard InChI is InChI=1S/C13H14ClN3O/c1-9(18)8-15-13-16-11(7-12(14)17-13)10-5-3-2-4-6-10/h2-7,9,18H,8H2,1H3,(H,15,16,17). The third-order valence-electron chi connectivity index (χ3n) is 2.32. The third-order valence-corrected chi connectivity index (χ3v) is 2.51. The molecule has 2 aromatic rings. The van der Waals surface area contributed by atoms with E-state index in [1.807, 2.05) is 30.3 Å². The van der Waals surface area contributed by atoms with E-state index in [1.165, 1.54) is 0 Å². The molecule has 0 saturated heterocycles. The van der Waals surface area contributed by atoms with E-state index < -0.39 is 6.10 Å². The lowest BCUT2D eigenvalue weighted by Crippen LogP contribution is -2.17. The first-order valence-electron chi connectivity index (χ1n) is 5.67. The Morgan fingerprint density at radius 2 is 2.00 bits per heavy atom. The highest BCUT2D eigenvalue weighted by atomic mass is 35.5. The van der Waals surface area contributed by atoms with Crippen molar-refractivity contribution < 1.29 is 5.11 Å². The summed E-state index contributed by atoms with van der Waals surface area (Å²) in [5.74, 6) is 0.419. The van der Waals surface area contributed by atoms with Crippen LogP contribution in [0.5, 0.6) is 0 Å². The van der Waals surface area contributed by atoms with Crippen molar-refractivity contribution in [2.45, 2.75) is 13.0 Å². The molecule has 0 aliphatic rings. The van der Waals surface area contributed by atoms with Crippen molar-refractivity contribution in [2.24, 2.45) is 0 Å². The molecule has 0 spiro atoms. The van der Waals surface area contributed by atoms with E-state index in [2.05, 4.69) is 15.3 Å². The van der Waals surface area contributed by atoms with Crippen LogP contribution in [0.15, 0.2) is 36.4 Å². The molecule has 0 aliphatic carbocycles. The topological polar surface area (TPSA) is 58.0 Å². The average Bonchev–Trinajstić information content (AvgIpc) is 2.37. The first-order chi connectivity index (χ1) is 8.65. The summed E-state index contributed by atoms with van der Waals surface area (Å²) in [4.78, 5) is 8.42. The van der Waals surface area contributed by atoms with Gasteiger partial charge in [-0.3, -0.25) is 0 Å². The highest BCUT2D eigenvalue weighted by Crippen LogP contribution is 2.20. The largest absolute Gasteiger partial charge is 0.392 e. The second-order valence-electron chi connectivity index (χ2n) is 4.00. The van der Waals surface area contributed by atoms with Gasteiger partial charge in [-0.25, -0.2) is 9.97 Å². The fourth-order valence-electron chi connectivity index (χ4n) is 1.49. The number of aliphatic hydroxyl groups excluding tert-OH is 1. The fraction of sp³-hybridized carbons (Fsp3) is 0.231. The van der Waals surface area contributed by atoms with Gasteiger partial charge in [-0.15, -0.1) is 0 Å². The second-order valence-corrected chi connectivity index (χ2v) is 4.38. The maximum Gasteiger partial charge on any atom is 0.224 e. The number of aromatic nitrogens is 2. The van der Waals surface area contributed by atoms with Crippen molar-refractivity contribution in [1.82, 2.24) is 9.97 Å². The maximum absolute atomic E-state index is 9.22. The summed E-state index contributed by atoms with van der Waals surface area (Å²) in [7, 11) is 0. The van der Waals surface area contributed by atoms with Crippen LogP contribution in [-0.2, 0) is 0 Å². The van der Waals surface area contributed by atoms with E-state index in [4.69, 9.17) is 11.6 Å². The molecule has 4 nitrogen and oxygen atoms in total. The number of aliphatic hydroxyl groups is 1. The van der Waals surface area contributed by atoms with Crippen LogP contribution in [0.1, 0.15) is 6.92 Å². The summed E-state index contributed by atoms with van der Waals surface area (Å²) in [6, 6.07) is 11.4. The SMILES string of the molecule is CC(O)CNc1nc(Cl)cc(-c2ccccc2)n1. The molecule has 2 N–H and O–H groups in total. The summed E-state index contributed by atoms with van der Waals surface area (Å²) in [5, 5.41) is 12.5. The molecule has 2 rings (SSSR count). The van der Waals surface area contributed by atoms with E-state index in [1.54, 1.807) is 13.0 Å². The number of benzene rings is 1. The monoisotopic (exact) mass is 263 g/mol. The Morgan fingerprint density at radius 1 is 1.28 bits per heavy atom. The minimum Gasteiger partial charge on any atom is -0.392 e. The normalized spacial score (nSPS) is 12.2. The molecule has 1 aromatic carbocycles. The summed E-state index contributed by atoms with van der Waals surface area (Å²) < 4.78 is 0. The fourth-order valence-corrected chi connectivity index (χ4v) is 1.68. The molecule has 0 fully saturated rings. The zero-order chi connectivity index (χ0) is 13.0. The molecular formula is C13H14ClN3O. The number of halogens is 1. The van der Waals surface area contributed by atoms with Crippen LogP contribution < -0.4 is 5.32 Å². The molecule has 1 heterocycles. The Hall–Kier alpha value is -1.65. The molecule has 0 saturated carbocycles. The highest BCUT2D eigenvalue weighted by Gasteiger charge is 2.05. The van der Waals surface area contributed by atoms with Crippen LogP contribution >= 0.6 is 11.6 Å². The molecule has 0 aliphatic heterocycles. The van der Waals surface area contributed by atoms with Crippen LogP contribution in [0, 0.1) is 0 Å². The van der Waals surface area contributed by atoms with Gasteiger partial charge in [0.2, 0.25) is 5.95 Å². The van der Waals surface area contributed by atoms with E-state index in [0.29, 0.717) is 17.6 Å². The number of hydrogen-bond acceptors (Lipinski definition) is 4. The van der Waals surface area contributed by atoms with Gasteiger partial charge in [0.1, 0.15) is 5.15 Å². The Kier molecular flexibility index (Phi) is 4.12. The van der Waals surface area contributed by atoms with E-state index in [0.717, 1.165) is 11.3 Å². The Bertz CT molecular complexity index is 517. The molecule has 94 valence electrons. The number of anilines is 1. The van der Waals surface area contributed by atoms with Crippen LogP contribution in [-0.4, -0.2) is 27.7 Å². The van der Waals surface area contributed by atoms with E-state index in [-0.39, 0.29) is 0 Å². The predicted molar refractivity (Wildman–Crippen MR) is 72.6 cm³/mol. The first kappa shape index (κ1) is 12.8. The number of rotatable bonds is 4. The number of nitrogens with one attached hydrogen (secondary N) is 1. The maximum atomic E-state index is 9.22. The molecule has 0 bridgehead atoms. The average molecular weight is 264 g/mol. The zero-order valence-corrected chi connectivity index (χ0v) is 10.7. The Labute approximate surface area is 111 Å². The Morgan fingerprint density at radius 3 is 2.67 bits per heavy atom. The lowest BCUT2D eigenvalue weighted by Gasteiger charge is -2.08. The van der Waals surface area contributed by atoms with Gasteiger partial charge < -0.3 is 10.4 Å². The van der Waals surface area contributed by atoms with Gasteiger partial charge in [0.05, 0.1) is 11.8 Å². The van der Waals surface area contributed by atoms with Crippen molar-refractivity contribution in [3.63, 3.8) is 0 Å². The van der Waals surface area contributed by atoms with Crippen LogP contribution in [0.4, 0.5) is 5.95 Å². The van der Waals surface area contributed by atoms with Gasteiger partial charge in [0, 0.05) is 18.2 Å². The molecule has 5 heteroatoms. The van der Waals surface area contributed by atoms with E-state index >= 15 is 0 Å². The van der Waals surface area contributed by atoms with E-state index in [9.17, 15) is 5.11 Å². The molecule has 1 atom stereocenters. The number of hydrogen-bond donors (Lipinski definition) is 2. The third kappa shape index (κ3) is 3.42. The molecular weight excluding hydrogens is 250 g/mol.